The quantitative estimate of drug-likeness (QED) is 0.770. The summed E-state index contributed by atoms with van der Waals surface area (Å²) >= 11 is 0. The first-order valence-corrected chi connectivity index (χ1v) is 6.70. The summed E-state index contributed by atoms with van der Waals surface area (Å²) in [5, 5.41) is 3.47. The topological polar surface area (TPSA) is 30.5 Å². The van der Waals surface area contributed by atoms with E-state index < -0.39 is 0 Å². The minimum atomic E-state index is 0.0802. The molecule has 2 atom stereocenters. The Morgan fingerprint density at radius 3 is 2.33 bits per heavy atom. The average molecular weight is 251 g/mol. The van der Waals surface area contributed by atoms with Gasteiger partial charge in [-0.2, -0.15) is 0 Å². The van der Waals surface area contributed by atoms with Gasteiger partial charge in [-0.05, 0) is 37.6 Å². The molecular weight excluding hydrogens is 226 g/mol. The summed E-state index contributed by atoms with van der Waals surface area (Å²) in [4.78, 5) is 0. The van der Waals surface area contributed by atoms with Gasteiger partial charge in [0.2, 0.25) is 0 Å². The number of ether oxygens (including phenoxy) is 2. The van der Waals surface area contributed by atoms with Crippen LogP contribution in [0, 0.1) is 0 Å². The normalized spacial score (nSPS) is 14.2. The fraction of sp³-hybridized carbons (Fsp3) is 0.600. The summed E-state index contributed by atoms with van der Waals surface area (Å²) in [6.45, 7) is 7.92. The second-order valence-electron chi connectivity index (χ2n) is 4.47. The molecule has 0 saturated carbocycles. The molecule has 1 aromatic rings. The van der Waals surface area contributed by atoms with E-state index in [0.717, 1.165) is 18.7 Å². The van der Waals surface area contributed by atoms with Crippen LogP contribution >= 0.6 is 0 Å². The first kappa shape index (κ1) is 15.0. The van der Waals surface area contributed by atoms with Crippen molar-refractivity contribution in [3.63, 3.8) is 0 Å². The Morgan fingerprint density at radius 2 is 1.83 bits per heavy atom. The van der Waals surface area contributed by atoms with Gasteiger partial charge < -0.3 is 14.8 Å². The van der Waals surface area contributed by atoms with Gasteiger partial charge in [-0.25, -0.2) is 0 Å². The van der Waals surface area contributed by atoms with E-state index in [1.807, 2.05) is 19.1 Å². The number of hydrogen-bond acceptors (Lipinski definition) is 3. The highest BCUT2D eigenvalue weighted by molar-refractivity contribution is 5.29. The molecule has 0 aliphatic carbocycles. The van der Waals surface area contributed by atoms with Crippen molar-refractivity contribution in [2.24, 2.45) is 0 Å². The summed E-state index contributed by atoms with van der Waals surface area (Å²) in [6.07, 6.45) is 1.17. The maximum Gasteiger partial charge on any atom is 0.119 e. The molecule has 0 aromatic heterocycles. The van der Waals surface area contributed by atoms with Crippen LogP contribution in [0.25, 0.3) is 0 Å². The van der Waals surface area contributed by atoms with Crippen molar-refractivity contribution in [1.29, 1.82) is 0 Å². The van der Waals surface area contributed by atoms with Crippen molar-refractivity contribution in [3.05, 3.63) is 29.8 Å². The van der Waals surface area contributed by atoms with Crippen LogP contribution in [0.2, 0.25) is 0 Å². The van der Waals surface area contributed by atoms with Crippen LogP contribution in [0.5, 0.6) is 5.75 Å². The van der Waals surface area contributed by atoms with E-state index >= 15 is 0 Å². The zero-order chi connectivity index (χ0) is 13.4. The van der Waals surface area contributed by atoms with E-state index in [2.05, 4.69) is 31.3 Å². The maximum atomic E-state index is 5.74. The highest BCUT2D eigenvalue weighted by atomic mass is 16.5. The third kappa shape index (κ3) is 4.67. The number of rotatable bonds is 8. The van der Waals surface area contributed by atoms with Crippen LogP contribution in [0.1, 0.15) is 38.8 Å². The second kappa shape index (κ2) is 8.11. The summed E-state index contributed by atoms with van der Waals surface area (Å²) < 4.78 is 10.8. The Kier molecular flexibility index (Phi) is 6.76. The van der Waals surface area contributed by atoms with Crippen molar-refractivity contribution in [3.8, 4) is 5.75 Å². The van der Waals surface area contributed by atoms with Crippen molar-refractivity contribution >= 4 is 0 Å². The molecule has 3 nitrogen and oxygen atoms in total. The Hall–Kier alpha value is -1.06. The molecule has 3 heteroatoms. The van der Waals surface area contributed by atoms with E-state index in [-0.39, 0.29) is 6.10 Å². The van der Waals surface area contributed by atoms with Gasteiger partial charge in [0, 0.05) is 13.2 Å². The predicted molar refractivity (Wildman–Crippen MR) is 75.1 cm³/mol. The molecule has 0 bridgehead atoms. The molecule has 0 fully saturated rings. The van der Waals surface area contributed by atoms with Crippen LogP contribution in [-0.4, -0.2) is 26.4 Å². The summed E-state index contributed by atoms with van der Waals surface area (Å²) in [7, 11) is 1.69. The Bertz CT molecular complexity index is 324. The van der Waals surface area contributed by atoms with Gasteiger partial charge in [0.25, 0.3) is 0 Å². The molecule has 1 N–H and O–H groups in total. The van der Waals surface area contributed by atoms with E-state index in [1.165, 1.54) is 5.56 Å². The lowest BCUT2D eigenvalue weighted by Crippen LogP contribution is -2.20. The molecule has 0 saturated heterocycles. The first-order valence-electron chi connectivity index (χ1n) is 6.70. The average Bonchev–Trinajstić information content (AvgIpc) is 2.37. The predicted octanol–water partition coefficient (Wildman–Crippen LogP) is 3.16. The van der Waals surface area contributed by atoms with Crippen molar-refractivity contribution in [2.75, 3.05) is 20.3 Å². The van der Waals surface area contributed by atoms with Gasteiger partial charge in [-0.15, -0.1) is 0 Å². The monoisotopic (exact) mass is 251 g/mol. The molecule has 102 valence electrons. The molecule has 0 aliphatic rings. The van der Waals surface area contributed by atoms with E-state index in [9.17, 15) is 0 Å². The maximum absolute atomic E-state index is 5.74. The molecule has 0 aliphatic heterocycles. The minimum Gasteiger partial charge on any atom is -0.488 e. The third-order valence-corrected chi connectivity index (χ3v) is 2.88. The van der Waals surface area contributed by atoms with E-state index in [0.29, 0.717) is 12.6 Å². The largest absolute Gasteiger partial charge is 0.488 e. The summed E-state index contributed by atoms with van der Waals surface area (Å²) in [5.41, 5.74) is 1.31. The fourth-order valence-electron chi connectivity index (χ4n) is 2.02. The molecule has 0 amide bonds. The van der Waals surface area contributed by atoms with Gasteiger partial charge in [0.15, 0.2) is 0 Å². The van der Waals surface area contributed by atoms with Gasteiger partial charge in [-0.3, -0.25) is 0 Å². The molecule has 0 spiro atoms. The van der Waals surface area contributed by atoms with Crippen molar-refractivity contribution in [1.82, 2.24) is 5.32 Å². The lowest BCUT2D eigenvalue weighted by atomic mass is 10.0. The number of nitrogens with one attached hydrogen (secondary N) is 1. The lowest BCUT2D eigenvalue weighted by molar-refractivity contribution is 0.0920. The zero-order valence-electron chi connectivity index (χ0n) is 11.9. The summed E-state index contributed by atoms with van der Waals surface area (Å²) in [5.74, 6) is 0.898. The minimum absolute atomic E-state index is 0.0802. The van der Waals surface area contributed by atoms with Crippen molar-refractivity contribution < 1.29 is 9.47 Å². The molecule has 18 heavy (non-hydrogen) atoms. The summed E-state index contributed by atoms with van der Waals surface area (Å²) in [6, 6.07) is 8.75. The fourth-order valence-corrected chi connectivity index (χ4v) is 2.02. The Morgan fingerprint density at radius 1 is 1.17 bits per heavy atom. The van der Waals surface area contributed by atoms with E-state index in [4.69, 9.17) is 9.47 Å². The highest BCUT2D eigenvalue weighted by Gasteiger charge is 2.08. The van der Waals surface area contributed by atoms with Crippen LogP contribution in [0.3, 0.4) is 0 Å². The van der Waals surface area contributed by atoms with Crippen LogP contribution in [0.4, 0.5) is 0 Å². The molecule has 1 aromatic carbocycles. The van der Waals surface area contributed by atoms with Gasteiger partial charge in [0.05, 0.1) is 6.61 Å². The molecule has 0 radical (unpaired) electrons. The SMILES string of the molecule is CCNC(CC)c1ccc(OC(C)COC)cc1. The molecule has 0 heterocycles. The number of benzene rings is 1. The molecule has 1 rings (SSSR count). The highest BCUT2D eigenvalue weighted by Crippen LogP contribution is 2.20. The third-order valence-electron chi connectivity index (χ3n) is 2.88. The van der Waals surface area contributed by atoms with Crippen LogP contribution < -0.4 is 10.1 Å². The smallest absolute Gasteiger partial charge is 0.119 e. The number of hydrogen-bond donors (Lipinski definition) is 1. The second-order valence-corrected chi connectivity index (χ2v) is 4.47. The molecule has 2 unspecified atom stereocenters. The van der Waals surface area contributed by atoms with Gasteiger partial charge in [0.1, 0.15) is 11.9 Å². The Balaban J connectivity index is 2.61. The van der Waals surface area contributed by atoms with E-state index in [1.54, 1.807) is 7.11 Å². The zero-order valence-corrected chi connectivity index (χ0v) is 11.9. The first-order chi connectivity index (χ1) is 8.71. The Labute approximate surface area is 110 Å². The van der Waals surface area contributed by atoms with Gasteiger partial charge in [-0.1, -0.05) is 26.0 Å². The lowest BCUT2D eigenvalue weighted by Gasteiger charge is -2.18. The number of methoxy groups -OCH3 is 1. The van der Waals surface area contributed by atoms with Crippen LogP contribution in [-0.2, 0) is 4.74 Å². The van der Waals surface area contributed by atoms with Crippen molar-refractivity contribution in [2.45, 2.75) is 39.3 Å². The molecular formula is C15H25NO2. The van der Waals surface area contributed by atoms with Crippen LogP contribution in [0.15, 0.2) is 24.3 Å². The standard InChI is InChI=1S/C15H25NO2/c1-5-15(16-6-2)13-7-9-14(10-8-13)18-12(3)11-17-4/h7-10,12,15-16H,5-6,11H2,1-4H3. The van der Waals surface area contributed by atoms with Gasteiger partial charge >= 0.3 is 0 Å².